The van der Waals surface area contributed by atoms with Gasteiger partial charge in [-0.05, 0) is 45.1 Å². The summed E-state index contributed by atoms with van der Waals surface area (Å²) < 4.78 is 0. The first-order valence-corrected chi connectivity index (χ1v) is 8.28. The molecule has 1 heterocycles. The molecule has 2 unspecified atom stereocenters. The van der Waals surface area contributed by atoms with Gasteiger partial charge in [-0.25, -0.2) is 0 Å². The minimum atomic E-state index is -0.268. The fraction of sp³-hybridized carbons (Fsp3) is 0.938. The van der Waals surface area contributed by atoms with Crippen molar-refractivity contribution in [2.45, 2.75) is 56.7 Å². The molecule has 3 fully saturated rings. The highest BCUT2D eigenvalue weighted by molar-refractivity contribution is 5.18. The molecule has 0 amide bonds. The SMILES string of the molecule is CCC1CN(CC(C#N)(NC2CC2)C2CC2)CCN1C. The molecule has 112 valence electrons. The number of nitrogens with zero attached hydrogens (tertiary/aromatic N) is 3. The van der Waals surface area contributed by atoms with Gasteiger partial charge in [0.1, 0.15) is 5.54 Å². The third-order valence-electron chi connectivity index (χ3n) is 5.32. The molecule has 3 rings (SSSR count). The van der Waals surface area contributed by atoms with Crippen molar-refractivity contribution in [2.75, 3.05) is 33.2 Å². The Labute approximate surface area is 123 Å². The lowest BCUT2D eigenvalue weighted by molar-refractivity contribution is 0.0738. The summed E-state index contributed by atoms with van der Waals surface area (Å²) in [7, 11) is 2.23. The van der Waals surface area contributed by atoms with Crippen molar-refractivity contribution >= 4 is 0 Å². The molecule has 2 aliphatic carbocycles. The summed E-state index contributed by atoms with van der Waals surface area (Å²) in [5.41, 5.74) is -0.268. The lowest BCUT2D eigenvalue weighted by Crippen LogP contribution is -2.60. The maximum absolute atomic E-state index is 9.82. The number of hydrogen-bond donors (Lipinski definition) is 1. The molecule has 4 heteroatoms. The summed E-state index contributed by atoms with van der Waals surface area (Å²) >= 11 is 0. The molecule has 0 radical (unpaired) electrons. The molecule has 0 spiro atoms. The fourth-order valence-electron chi connectivity index (χ4n) is 3.57. The van der Waals surface area contributed by atoms with Gasteiger partial charge < -0.3 is 4.90 Å². The zero-order valence-electron chi connectivity index (χ0n) is 12.9. The molecule has 0 aromatic heterocycles. The average Bonchev–Trinajstić information content (AvgIpc) is 3.32. The topological polar surface area (TPSA) is 42.3 Å². The lowest BCUT2D eigenvalue weighted by atomic mass is 9.93. The van der Waals surface area contributed by atoms with Crippen LogP contribution in [0.3, 0.4) is 0 Å². The minimum Gasteiger partial charge on any atom is -0.301 e. The number of nitriles is 1. The van der Waals surface area contributed by atoms with Gasteiger partial charge in [0.05, 0.1) is 6.07 Å². The lowest BCUT2D eigenvalue weighted by Gasteiger charge is -2.42. The van der Waals surface area contributed by atoms with Crippen LogP contribution in [0.4, 0.5) is 0 Å². The van der Waals surface area contributed by atoms with Crippen LogP contribution in [0.25, 0.3) is 0 Å². The van der Waals surface area contributed by atoms with Gasteiger partial charge in [-0.15, -0.1) is 0 Å². The van der Waals surface area contributed by atoms with Gasteiger partial charge >= 0.3 is 0 Å². The molecule has 3 aliphatic rings. The number of rotatable bonds is 6. The first kappa shape index (κ1) is 14.3. The minimum absolute atomic E-state index is 0.268. The second-order valence-electron chi connectivity index (χ2n) is 7.05. The number of piperazine rings is 1. The molecule has 1 saturated heterocycles. The molecular formula is C16H28N4. The van der Waals surface area contributed by atoms with E-state index in [4.69, 9.17) is 0 Å². The van der Waals surface area contributed by atoms with Gasteiger partial charge in [0.25, 0.3) is 0 Å². The van der Waals surface area contributed by atoms with Gasteiger partial charge in [-0.2, -0.15) is 5.26 Å². The van der Waals surface area contributed by atoms with Crippen LogP contribution in [0.2, 0.25) is 0 Å². The van der Waals surface area contributed by atoms with Gasteiger partial charge in [0.15, 0.2) is 0 Å². The van der Waals surface area contributed by atoms with E-state index in [0.29, 0.717) is 18.0 Å². The van der Waals surface area contributed by atoms with Gasteiger partial charge in [0.2, 0.25) is 0 Å². The fourth-order valence-corrected chi connectivity index (χ4v) is 3.57. The largest absolute Gasteiger partial charge is 0.301 e. The quantitative estimate of drug-likeness (QED) is 0.797. The van der Waals surface area contributed by atoms with Gasteiger partial charge in [-0.3, -0.25) is 10.2 Å². The summed E-state index contributed by atoms with van der Waals surface area (Å²) in [6, 6.07) is 3.94. The zero-order chi connectivity index (χ0) is 14.2. The highest BCUT2D eigenvalue weighted by Crippen LogP contribution is 2.42. The van der Waals surface area contributed by atoms with Crippen LogP contribution in [0, 0.1) is 17.2 Å². The van der Waals surface area contributed by atoms with E-state index in [1.54, 1.807) is 0 Å². The van der Waals surface area contributed by atoms with Crippen molar-refractivity contribution in [3.8, 4) is 6.07 Å². The Morgan fingerprint density at radius 3 is 2.55 bits per heavy atom. The maximum atomic E-state index is 9.82. The van der Waals surface area contributed by atoms with Crippen molar-refractivity contribution in [1.29, 1.82) is 5.26 Å². The van der Waals surface area contributed by atoms with Crippen LogP contribution in [-0.4, -0.2) is 60.6 Å². The van der Waals surface area contributed by atoms with E-state index in [0.717, 1.165) is 26.2 Å². The van der Waals surface area contributed by atoms with Crippen LogP contribution < -0.4 is 5.32 Å². The summed E-state index contributed by atoms with van der Waals surface area (Å²) in [5.74, 6) is 0.591. The summed E-state index contributed by atoms with van der Waals surface area (Å²) in [5, 5.41) is 13.5. The molecule has 1 N–H and O–H groups in total. The van der Waals surface area contributed by atoms with Crippen molar-refractivity contribution < 1.29 is 0 Å². The molecule has 4 nitrogen and oxygen atoms in total. The molecule has 0 bridgehead atoms. The van der Waals surface area contributed by atoms with Crippen LogP contribution in [0.5, 0.6) is 0 Å². The number of hydrogen-bond acceptors (Lipinski definition) is 4. The van der Waals surface area contributed by atoms with Gasteiger partial charge in [-0.1, -0.05) is 6.92 Å². The predicted molar refractivity (Wildman–Crippen MR) is 80.4 cm³/mol. The van der Waals surface area contributed by atoms with E-state index in [1.165, 1.54) is 32.1 Å². The van der Waals surface area contributed by atoms with Crippen molar-refractivity contribution in [3.63, 3.8) is 0 Å². The van der Waals surface area contributed by atoms with E-state index in [-0.39, 0.29) is 5.54 Å². The highest BCUT2D eigenvalue weighted by atomic mass is 15.3. The molecule has 2 saturated carbocycles. The second kappa shape index (κ2) is 5.63. The van der Waals surface area contributed by atoms with Crippen LogP contribution >= 0.6 is 0 Å². The normalized spacial score (nSPS) is 31.8. The maximum Gasteiger partial charge on any atom is 0.122 e. The highest BCUT2D eigenvalue weighted by Gasteiger charge is 2.49. The van der Waals surface area contributed by atoms with Crippen molar-refractivity contribution in [3.05, 3.63) is 0 Å². The first-order valence-electron chi connectivity index (χ1n) is 8.28. The molecule has 0 aromatic carbocycles. The first-order chi connectivity index (χ1) is 9.66. The van der Waals surface area contributed by atoms with Crippen LogP contribution in [-0.2, 0) is 0 Å². The molecular weight excluding hydrogens is 248 g/mol. The van der Waals surface area contributed by atoms with Gasteiger partial charge in [0, 0.05) is 38.3 Å². The summed E-state index contributed by atoms with van der Waals surface area (Å²) in [6.45, 7) is 6.56. The summed E-state index contributed by atoms with van der Waals surface area (Å²) in [4.78, 5) is 5.00. The van der Waals surface area contributed by atoms with E-state index in [2.05, 4.69) is 35.2 Å². The second-order valence-corrected chi connectivity index (χ2v) is 7.05. The molecule has 20 heavy (non-hydrogen) atoms. The average molecular weight is 276 g/mol. The van der Waals surface area contributed by atoms with E-state index >= 15 is 0 Å². The Hall–Kier alpha value is -0.630. The Balaban J connectivity index is 1.65. The Bertz CT molecular complexity index is 382. The molecule has 0 aromatic rings. The van der Waals surface area contributed by atoms with E-state index in [1.807, 2.05) is 0 Å². The van der Waals surface area contributed by atoms with E-state index < -0.39 is 0 Å². The molecule has 1 aliphatic heterocycles. The van der Waals surface area contributed by atoms with Crippen molar-refractivity contribution in [2.24, 2.45) is 5.92 Å². The Morgan fingerprint density at radius 2 is 2.00 bits per heavy atom. The van der Waals surface area contributed by atoms with Crippen LogP contribution in [0.15, 0.2) is 0 Å². The van der Waals surface area contributed by atoms with E-state index in [9.17, 15) is 5.26 Å². The third-order valence-corrected chi connectivity index (χ3v) is 5.32. The third kappa shape index (κ3) is 3.00. The zero-order valence-corrected chi connectivity index (χ0v) is 12.9. The smallest absolute Gasteiger partial charge is 0.122 e. The summed E-state index contributed by atoms with van der Waals surface area (Å²) in [6.07, 6.45) is 6.19. The standard InChI is InChI=1S/C16H28N4/c1-3-15-10-20(9-8-19(15)2)12-16(11-17,13-4-5-13)18-14-6-7-14/h13-15,18H,3-10,12H2,1-2H3. The number of nitrogens with one attached hydrogen (secondary N) is 1. The Kier molecular flexibility index (Phi) is 4.03. The predicted octanol–water partition coefficient (Wildman–Crippen LogP) is 1.44. The number of likely N-dealkylation sites (N-methyl/N-ethyl adjacent to an activating group) is 1. The van der Waals surface area contributed by atoms with Crippen molar-refractivity contribution in [1.82, 2.24) is 15.1 Å². The molecule has 2 atom stereocenters. The Morgan fingerprint density at radius 1 is 1.25 bits per heavy atom. The van der Waals surface area contributed by atoms with Crippen LogP contribution in [0.1, 0.15) is 39.0 Å². The monoisotopic (exact) mass is 276 g/mol.